The highest BCUT2D eigenvalue weighted by Crippen LogP contribution is 2.50. The van der Waals surface area contributed by atoms with Gasteiger partial charge < -0.3 is 0 Å². The van der Waals surface area contributed by atoms with Gasteiger partial charge in [0.25, 0.3) is 0 Å². The van der Waals surface area contributed by atoms with E-state index in [-0.39, 0.29) is 0 Å². The van der Waals surface area contributed by atoms with E-state index in [4.69, 9.17) is 0 Å². The molecule has 0 aliphatic rings. The van der Waals surface area contributed by atoms with Crippen LogP contribution < -0.4 is 0 Å². The summed E-state index contributed by atoms with van der Waals surface area (Å²) in [5.74, 6) is 0. The maximum absolute atomic E-state index is 2.35. The van der Waals surface area contributed by atoms with Crippen LogP contribution in [0.5, 0.6) is 0 Å². The van der Waals surface area contributed by atoms with E-state index in [0.29, 0.717) is 0 Å². The molecule has 0 amide bonds. The van der Waals surface area contributed by atoms with E-state index in [0.717, 1.165) is 0 Å². The fourth-order valence-corrected chi connectivity index (χ4v) is 9.04. The van der Waals surface area contributed by atoms with Crippen LogP contribution in [0.2, 0.25) is 0 Å². The van der Waals surface area contributed by atoms with Crippen molar-refractivity contribution in [2.75, 3.05) is 0 Å². The molecule has 0 unspecified atom stereocenters. The fraction of sp³-hybridized carbons (Fsp3) is 0.0345. The highest BCUT2D eigenvalue weighted by molar-refractivity contribution is 6.30. The number of aryl methyl sites for hydroxylation is 2. The first-order valence-corrected chi connectivity index (χ1v) is 20.2. The zero-order valence-corrected chi connectivity index (χ0v) is 32.8. The zero-order valence-electron chi connectivity index (χ0n) is 32.8. The highest BCUT2D eigenvalue weighted by atomic mass is 14.2. The second-order valence-corrected chi connectivity index (χ2v) is 15.4. The number of hydrogen-bond acceptors (Lipinski definition) is 0. The topological polar surface area (TPSA) is 0 Å². The van der Waals surface area contributed by atoms with Crippen molar-refractivity contribution >= 4 is 67.4 Å². The van der Waals surface area contributed by atoms with Crippen molar-refractivity contribution in [1.29, 1.82) is 0 Å². The summed E-state index contributed by atoms with van der Waals surface area (Å²) in [4.78, 5) is 0. The van der Waals surface area contributed by atoms with Crippen molar-refractivity contribution in [1.82, 2.24) is 0 Å². The molecule has 0 heteroatoms. The van der Waals surface area contributed by atoms with Crippen LogP contribution in [0.3, 0.4) is 0 Å². The molecule has 0 radical (unpaired) electrons. The van der Waals surface area contributed by atoms with E-state index < -0.39 is 0 Å². The van der Waals surface area contributed by atoms with Crippen molar-refractivity contribution in [3.05, 3.63) is 228 Å². The summed E-state index contributed by atoms with van der Waals surface area (Å²) in [6.07, 6.45) is 8.88. The Morgan fingerprint density at radius 1 is 0.241 bits per heavy atom. The van der Waals surface area contributed by atoms with Gasteiger partial charge >= 0.3 is 0 Å². The molecule has 10 aromatic rings. The molecule has 10 aromatic carbocycles. The van der Waals surface area contributed by atoms with Crippen molar-refractivity contribution in [3.63, 3.8) is 0 Å². The van der Waals surface area contributed by atoms with Crippen LogP contribution in [0.25, 0.3) is 101 Å². The van der Waals surface area contributed by atoms with E-state index in [1.54, 1.807) is 0 Å². The molecular formula is C58H42. The van der Waals surface area contributed by atoms with Gasteiger partial charge in [-0.25, -0.2) is 0 Å². The van der Waals surface area contributed by atoms with Gasteiger partial charge in [0.1, 0.15) is 0 Å². The lowest BCUT2D eigenvalue weighted by molar-refractivity contribution is 1.46. The molecule has 0 saturated heterocycles. The summed E-state index contributed by atoms with van der Waals surface area (Å²) in [7, 11) is 0. The predicted molar refractivity (Wildman–Crippen MR) is 253 cm³/mol. The van der Waals surface area contributed by atoms with Gasteiger partial charge in [0.05, 0.1) is 0 Å². The molecule has 0 N–H and O–H groups in total. The van der Waals surface area contributed by atoms with Crippen LogP contribution >= 0.6 is 0 Å². The maximum atomic E-state index is 2.35. The molecule has 274 valence electrons. The first kappa shape index (κ1) is 35.2. The Morgan fingerprint density at radius 2 is 0.500 bits per heavy atom. The molecule has 0 spiro atoms. The summed E-state index contributed by atoms with van der Waals surface area (Å²) >= 11 is 0. The summed E-state index contributed by atoms with van der Waals surface area (Å²) < 4.78 is 0. The Bertz CT molecular complexity index is 2880. The van der Waals surface area contributed by atoms with Crippen LogP contribution in [0.1, 0.15) is 33.4 Å². The molecule has 0 aliphatic carbocycles. The van der Waals surface area contributed by atoms with Crippen LogP contribution in [-0.2, 0) is 0 Å². The van der Waals surface area contributed by atoms with Crippen molar-refractivity contribution in [2.24, 2.45) is 0 Å². The maximum Gasteiger partial charge on any atom is -0.00139 e. The molecule has 0 atom stereocenters. The van der Waals surface area contributed by atoms with E-state index in [2.05, 4.69) is 232 Å². The molecule has 0 fully saturated rings. The van der Waals surface area contributed by atoms with Crippen LogP contribution in [0, 0.1) is 13.8 Å². The van der Waals surface area contributed by atoms with Crippen LogP contribution in [0.4, 0.5) is 0 Å². The average molecular weight is 739 g/mol. The predicted octanol–water partition coefficient (Wildman–Crippen LogP) is 16.3. The Morgan fingerprint density at radius 3 is 0.810 bits per heavy atom. The van der Waals surface area contributed by atoms with Gasteiger partial charge in [0.15, 0.2) is 0 Å². The van der Waals surface area contributed by atoms with Crippen molar-refractivity contribution in [3.8, 4) is 33.4 Å². The van der Waals surface area contributed by atoms with Crippen LogP contribution in [0.15, 0.2) is 194 Å². The molecule has 0 bridgehead atoms. The molecule has 0 nitrogen and oxygen atoms in total. The Hall–Kier alpha value is -7.28. The average Bonchev–Trinajstić information content (AvgIpc) is 3.26. The van der Waals surface area contributed by atoms with E-state index in [1.807, 2.05) is 0 Å². The van der Waals surface area contributed by atoms with Gasteiger partial charge in [0, 0.05) is 0 Å². The van der Waals surface area contributed by atoms with Crippen molar-refractivity contribution < 1.29 is 0 Å². The minimum atomic E-state index is 1.19. The largest absolute Gasteiger partial charge is 0.0622 e. The van der Waals surface area contributed by atoms with Gasteiger partial charge in [-0.1, -0.05) is 206 Å². The lowest BCUT2D eigenvalue weighted by atomic mass is 9.80. The Labute approximate surface area is 340 Å². The SMILES string of the molecule is Cc1cc(C=Cc2ccccc2)cc(-c2c3ccccc3c(-c3c4ccccc4c(-c4cc(C)cc(C=Cc5ccccc5)c4)c4ccccc34)c3ccccc23)c1. The molecular weight excluding hydrogens is 697 g/mol. The third-order valence-electron chi connectivity index (χ3n) is 11.4. The lowest BCUT2D eigenvalue weighted by Crippen LogP contribution is -1.95. The van der Waals surface area contributed by atoms with Gasteiger partial charge in [-0.3, -0.25) is 0 Å². The molecule has 0 saturated carbocycles. The number of rotatable bonds is 7. The normalized spacial score (nSPS) is 11.8. The zero-order chi connectivity index (χ0) is 39.0. The second kappa shape index (κ2) is 15.0. The second-order valence-electron chi connectivity index (χ2n) is 15.4. The van der Waals surface area contributed by atoms with Gasteiger partial charge in [-0.15, -0.1) is 0 Å². The van der Waals surface area contributed by atoms with E-state index in [1.165, 1.54) is 110 Å². The Kier molecular flexibility index (Phi) is 9.09. The summed E-state index contributed by atoms with van der Waals surface area (Å²) in [6, 6.07) is 71.2. The minimum absolute atomic E-state index is 1.19. The molecule has 58 heavy (non-hydrogen) atoms. The van der Waals surface area contributed by atoms with E-state index in [9.17, 15) is 0 Å². The number of fused-ring (bicyclic) bond motifs is 4. The summed E-state index contributed by atoms with van der Waals surface area (Å²) in [6.45, 7) is 4.41. The molecule has 0 aliphatic heterocycles. The lowest BCUT2D eigenvalue weighted by Gasteiger charge is -2.22. The summed E-state index contributed by atoms with van der Waals surface area (Å²) in [5, 5.41) is 10.0. The molecule has 0 aromatic heterocycles. The standard InChI is InChI=1S/C58H42/c1-39-33-43(31-29-41-17-5-3-6-18-41)37-45(35-39)55-47-21-9-13-25-51(47)57(52-26-14-10-22-48(52)55)58-53-27-15-11-23-49(53)56(50-24-12-16-28-54(50)58)46-36-40(2)34-44(38-46)32-30-42-19-7-4-8-20-42/h3-38H,1-2H3. The summed E-state index contributed by atoms with van der Waals surface area (Å²) in [5.41, 5.74) is 14.8. The monoisotopic (exact) mass is 738 g/mol. The number of benzene rings is 10. The van der Waals surface area contributed by atoms with Gasteiger partial charge in [-0.2, -0.15) is 0 Å². The number of hydrogen-bond donors (Lipinski definition) is 0. The first-order chi connectivity index (χ1) is 28.6. The first-order valence-electron chi connectivity index (χ1n) is 20.2. The van der Waals surface area contributed by atoms with E-state index >= 15 is 0 Å². The fourth-order valence-electron chi connectivity index (χ4n) is 9.04. The smallest absolute Gasteiger partial charge is 0.00139 e. The molecule has 0 heterocycles. The minimum Gasteiger partial charge on any atom is -0.0622 e. The van der Waals surface area contributed by atoms with Crippen molar-refractivity contribution in [2.45, 2.75) is 13.8 Å². The Balaban J connectivity index is 1.23. The third kappa shape index (κ3) is 6.49. The molecule has 10 rings (SSSR count). The highest BCUT2D eigenvalue weighted by Gasteiger charge is 2.22. The van der Waals surface area contributed by atoms with Gasteiger partial charge in [-0.05, 0) is 136 Å². The van der Waals surface area contributed by atoms with Gasteiger partial charge in [0.2, 0.25) is 0 Å². The van der Waals surface area contributed by atoms with Crippen LogP contribution in [-0.4, -0.2) is 0 Å². The third-order valence-corrected chi connectivity index (χ3v) is 11.4. The quantitative estimate of drug-likeness (QED) is 0.113.